The number of allylic oxidation sites excluding steroid dienone is 1. The summed E-state index contributed by atoms with van der Waals surface area (Å²) in [6.45, 7) is 3.08. The normalized spacial score (nSPS) is 15.0. The molecule has 0 radical (unpaired) electrons. The van der Waals surface area contributed by atoms with Crippen molar-refractivity contribution in [1.29, 1.82) is 0 Å². The smallest absolute Gasteiger partial charge is 0.308 e. The summed E-state index contributed by atoms with van der Waals surface area (Å²) in [7, 11) is 0. The third-order valence-electron chi connectivity index (χ3n) is 5.94. The maximum atomic E-state index is 13.8. The van der Waals surface area contributed by atoms with E-state index in [0.29, 0.717) is 42.6 Å². The number of hydrogen-bond donors (Lipinski definition) is 1. The second-order valence-corrected chi connectivity index (χ2v) is 10.0. The highest BCUT2D eigenvalue weighted by Crippen LogP contribution is 2.31. The molecule has 1 atom stereocenters. The van der Waals surface area contributed by atoms with E-state index in [4.69, 9.17) is 16.3 Å². The minimum Gasteiger partial charge on any atom is -0.426 e. The van der Waals surface area contributed by atoms with Gasteiger partial charge in [-0.2, -0.15) is 0 Å². The zero-order valence-corrected chi connectivity index (χ0v) is 22.0. The van der Waals surface area contributed by atoms with Gasteiger partial charge in [0, 0.05) is 23.2 Å². The van der Waals surface area contributed by atoms with Gasteiger partial charge in [0.05, 0.1) is 21.8 Å². The van der Waals surface area contributed by atoms with Gasteiger partial charge < -0.3 is 10.1 Å². The van der Waals surface area contributed by atoms with Crippen molar-refractivity contribution in [2.24, 2.45) is 4.99 Å². The number of ether oxygens (including phenoxy) is 1. The summed E-state index contributed by atoms with van der Waals surface area (Å²) in [4.78, 5) is 44.1. The topological polar surface area (TPSA) is 89.8 Å². The van der Waals surface area contributed by atoms with Gasteiger partial charge in [0.25, 0.3) is 11.5 Å². The number of aromatic nitrogens is 1. The number of hydrogen-bond acceptors (Lipinski definition) is 6. The molecular formula is C29H22ClN3O4S. The number of fused-ring (bicyclic) bond motifs is 1. The monoisotopic (exact) mass is 543 g/mol. The highest BCUT2D eigenvalue weighted by atomic mass is 35.5. The molecule has 1 aliphatic heterocycles. The number of benzene rings is 3. The van der Waals surface area contributed by atoms with Crippen LogP contribution in [0.4, 0.5) is 5.69 Å². The van der Waals surface area contributed by atoms with Gasteiger partial charge in [0.15, 0.2) is 4.80 Å². The highest BCUT2D eigenvalue weighted by molar-refractivity contribution is 7.07. The van der Waals surface area contributed by atoms with Gasteiger partial charge in [-0.05, 0) is 48.9 Å². The van der Waals surface area contributed by atoms with Gasteiger partial charge in [0.1, 0.15) is 5.75 Å². The van der Waals surface area contributed by atoms with E-state index in [1.165, 1.54) is 22.8 Å². The Morgan fingerprint density at radius 3 is 2.42 bits per heavy atom. The molecule has 1 aromatic heterocycles. The summed E-state index contributed by atoms with van der Waals surface area (Å²) < 4.78 is 7.23. The number of nitrogens with one attached hydrogen (secondary N) is 1. The second-order valence-electron chi connectivity index (χ2n) is 8.58. The summed E-state index contributed by atoms with van der Waals surface area (Å²) in [6.07, 6.45) is 1.67. The third kappa shape index (κ3) is 5.09. The number of esters is 1. The Hall–Kier alpha value is -4.27. The second kappa shape index (κ2) is 10.6. The van der Waals surface area contributed by atoms with Crippen LogP contribution in [0.2, 0.25) is 5.02 Å². The predicted molar refractivity (Wildman–Crippen MR) is 148 cm³/mol. The molecule has 9 heteroatoms. The van der Waals surface area contributed by atoms with Crippen LogP contribution in [-0.4, -0.2) is 16.4 Å². The fourth-order valence-electron chi connectivity index (χ4n) is 4.28. The zero-order valence-electron chi connectivity index (χ0n) is 20.5. The summed E-state index contributed by atoms with van der Waals surface area (Å²) >= 11 is 7.35. The number of carbonyl (C=O) groups is 2. The van der Waals surface area contributed by atoms with E-state index < -0.39 is 12.0 Å². The van der Waals surface area contributed by atoms with E-state index in [1.54, 1.807) is 73.7 Å². The van der Waals surface area contributed by atoms with Gasteiger partial charge in [-0.3, -0.25) is 19.0 Å². The minimum atomic E-state index is -0.724. The van der Waals surface area contributed by atoms with Crippen LogP contribution in [0.3, 0.4) is 0 Å². The standard InChI is InChI=1S/C29H22ClN3O4S/c1-17-25(27(35)32-22-9-4-3-5-10-22)26(19-12-14-21(30)15-13-19)33-28(36)24(38-29(33)31-17)16-20-8-6-7-11-23(20)37-18(2)34/h3-16,26H,1-2H3,(H,32,35)/t26-/m1/s1. The average Bonchev–Trinajstić information content (AvgIpc) is 3.19. The van der Waals surface area contributed by atoms with Crippen LogP contribution < -0.4 is 24.9 Å². The third-order valence-corrected chi connectivity index (χ3v) is 7.18. The maximum Gasteiger partial charge on any atom is 0.308 e. The first-order valence-electron chi connectivity index (χ1n) is 11.7. The van der Waals surface area contributed by atoms with Crippen LogP contribution in [0.25, 0.3) is 6.08 Å². The van der Waals surface area contributed by atoms with E-state index in [1.807, 2.05) is 18.2 Å². The number of para-hydroxylation sites is 2. The Labute approximate surface area is 227 Å². The molecule has 0 spiro atoms. The molecule has 3 aromatic carbocycles. The van der Waals surface area contributed by atoms with E-state index in [2.05, 4.69) is 10.3 Å². The van der Waals surface area contributed by atoms with Crippen LogP contribution in [0.15, 0.2) is 99.9 Å². The molecular weight excluding hydrogens is 522 g/mol. The lowest BCUT2D eigenvalue weighted by Gasteiger charge is -2.25. The molecule has 0 saturated carbocycles. The number of rotatable bonds is 5. The number of carbonyl (C=O) groups excluding carboxylic acids is 2. The Balaban J connectivity index is 1.67. The fourth-order valence-corrected chi connectivity index (χ4v) is 5.44. The number of amides is 1. The predicted octanol–water partition coefficient (Wildman–Crippen LogP) is 4.45. The Kier molecular flexibility index (Phi) is 7.09. The molecule has 190 valence electrons. The summed E-state index contributed by atoms with van der Waals surface area (Å²) in [5.41, 5.74) is 2.47. The summed E-state index contributed by atoms with van der Waals surface area (Å²) in [5, 5.41) is 3.47. The van der Waals surface area contributed by atoms with Gasteiger partial charge in [-0.15, -0.1) is 0 Å². The van der Waals surface area contributed by atoms with Crippen molar-refractivity contribution >= 4 is 46.6 Å². The first-order valence-corrected chi connectivity index (χ1v) is 12.9. The first-order chi connectivity index (χ1) is 18.3. The molecule has 38 heavy (non-hydrogen) atoms. The van der Waals surface area contributed by atoms with Crippen LogP contribution in [0.1, 0.15) is 31.0 Å². The van der Waals surface area contributed by atoms with E-state index in [0.717, 1.165) is 5.56 Å². The van der Waals surface area contributed by atoms with Crippen molar-refractivity contribution in [2.75, 3.05) is 5.32 Å². The molecule has 0 unspecified atom stereocenters. The molecule has 0 bridgehead atoms. The van der Waals surface area contributed by atoms with Crippen molar-refractivity contribution < 1.29 is 14.3 Å². The van der Waals surface area contributed by atoms with Crippen molar-refractivity contribution in [3.8, 4) is 5.75 Å². The number of anilines is 1. The first kappa shape index (κ1) is 25.4. The molecule has 7 nitrogen and oxygen atoms in total. The molecule has 0 saturated heterocycles. The van der Waals surface area contributed by atoms with Crippen molar-refractivity contribution in [3.63, 3.8) is 0 Å². The molecule has 1 amide bonds. The molecule has 1 aliphatic rings. The number of halogens is 1. The van der Waals surface area contributed by atoms with Crippen LogP contribution >= 0.6 is 22.9 Å². The SMILES string of the molecule is CC(=O)Oc1ccccc1C=c1sc2n(c1=O)[C@H](c1ccc(Cl)cc1)C(C(=O)Nc1ccccc1)=C(C)N=2. The molecule has 0 fully saturated rings. The fraction of sp³-hybridized carbons (Fsp3) is 0.103. The van der Waals surface area contributed by atoms with Gasteiger partial charge in [-0.1, -0.05) is 71.5 Å². The summed E-state index contributed by atoms with van der Waals surface area (Å²) in [5.74, 6) is -0.467. The lowest BCUT2D eigenvalue weighted by Crippen LogP contribution is -2.40. The Morgan fingerprint density at radius 2 is 1.71 bits per heavy atom. The molecule has 0 aliphatic carbocycles. The van der Waals surface area contributed by atoms with Gasteiger partial charge >= 0.3 is 5.97 Å². The zero-order chi connectivity index (χ0) is 26.8. The number of nitrogens with zero attached hydrogens (tertiary/aromatic N) is 2. The minimum absolute atomic E-state index is 0.316. The number of thiazole rings is 1. The van der Waals surface area contributed by atoms with E-state index in [9.17, 15) is 14.4 Å². The maximum absolute atomic E-state index is 13.8. The largest absolute Gasteiger partial charge is 0.426 e. The van der Waals surface area contributed by atoms with Gasteiger partial charge in [0.2, 0.25) is 0 Å². The van der Waals surface area contributed by atoms with Crippen molar-refractivity contribution in [1.82, 2.24) is 4.57 Å². The van der Waals surface area contributed by atoms with Crippen LogP contribution in [0.5, 0.6) is 5.75 Å². The Bertz CT molecular complexity index is 1760. The highest BCUT2D eigenvalue weighted by Gasteiger charge is 2.32. The van der Waals surface area contributed by atoms with Gasteiger partial charge in [-0.25, -0.2) is 4.99 Å². The molecule has 5 rings (SSSR count). The quantitative estimate of drug-likeness (QED) is 0.297. The Morgan fingerprint density at radius 1 is 1.03 bits per heavy atom. The van der Waals surface area contributed by atoms with E-state index >= 15 is 0 Å². The van der Waals surface area contributed by atoms with Crippen molar-refractivity contribution in [3.05, 3.63) is 126 Å². The summed E-state index contributed by atoms with van der Waals surface area (Å²) in [6, 6.07) is 22.4. The van der Waals surface area contributed by atoms with Crippen LogP contribution in [0, 0.1) is 0 Å². The molecule has 1 N–H and O–H groups in total. The van der Waals surface area contributed by atoms with Crippen molar-refractivity contribution in [2.45, 2.75) is 19.9 Å². The lowest BCUT2D eigenvalue weighted by atomic mass is 9.95. The average molecular weight is 544 g/mol. The molecule has 2 heterocycles. The molecule has 4 aromatic rings. The lowest BCUT2D eigenvalue weighted by molar-refractivity contribution is -0.131. The van der Waals surface area contributed by atoms with E-state index in [-0.39, 0.29) is 11.5 Å². The van der Waals surface area contributed by atoms with Crippen LogP contribution in [-0.2, 0) is 9.59 Å².